The van der Waals surface area contributed by atoms with Crippen LogP contribution in [0.5, 0.6) is 5.75 Å². The summed E-state index contributed by atoms with van der Waals surface area (Å²) in [6.45, 7) is 2.94. The van der Waals surface area contributed by atoms with Crippen molar-refractivity contribution in [1.29, 1.82) is 0 Å². The van der Waals surface area contributed by atoms with Gasteiger partial charge in [-0.15, -0.1) is 0 Å². The van der Waals surface area contributed by atoms with Gasteiger partial charge in [0, 0.05) is 4.90 Å². The number of hydrogen-bond acceptors (Lipinski definition) is 4. The molecular formula is C26H23NO3S. The third kappa shape index (κ3) is 4.72. The number of imide groups is 1. The average molecular weight is 430 g/mol. The van der Waals surface area contributed by atoms with Gasteiger partial charge in [0.1, 0.15) is 5.75 Å². The van der Waals surface area contributed by atoms with Crippen LogP contribution in [0.4, 0.5) is 0 Å². The van der Waals surface area contributed by atoms with E-state index in [1.54, 1.807) is 0 Å². The molecule has 0 aliphatic carbocycles. The normalized spacial score (nSPS) is 13.8. The molecule has 0 N–H and O–H groups in total. The number of thioether (sulfide) groups is 1. The molecule has 1 heterocycles. The molecule has 3 aromatic carbocycles. The Labute approximate surface area is 186 Å². The van der Waals surface area contributed by atoms with Crippen LogP contribution >= 0.6 is 11.8 Å². The first-order valence-corrected chi connectivity index (χ1v) is 11.1. The Hall–Kier alpha value is -3.31. The van der Waals surface area contributed by atoms with Crippen LogP contribution in [-0.4, -0.2) is 23.3 Å². The van der Waals surface area contributed by atoms with E-state index in [0.717, 1.165) is 28.2 Å². The third-order valence-corrected chi connectivity index (χ3v) is 5.98. The molecule has 0 atom stereocenters. The van der Waals surface area contributed by atoms with Crippen molar-refractivity contribution in [2.24, 2.45) is 0 Å². The van der Waals surface area contributed by atoms with Crippen LogP contribution in [0.2, 0.25) is 0 Å². The van der Waals surface area contributed by atoms with E-state index in [4.69, 9.17) is 4.74 Å². The number of benzene rings is 3. The molecular weight excluding hydrogens is 406 g/mol. The fraction of sp³-hybridized carbons (Fsp3) is 0.154. The van der Waals surface area contributed by atoms with Gasteiger partial charge in [0.2, 0.25) is 0 Å². The van der Waals surface area contributed by atoms with Crippen LogP contribution in [0.1, 0.15) is 24.5 Å². The highest BCUT2D eigenvalue weighted by atomic mass is 32.2. The highest BCUT2D eigenvalue weighted by Gasteiger charge is 2.39. The van der Waals surface area contributed by atoms with Crippen molar-refractivity contribution in [3.8, 4) is 5.75 Å². The van der Waals surface area contributed by atoms with Crippen LogP contribution in [0.25, 0.3) is 5.57 Å². The van der Waals surface area contributed by atoms with Gasteiger partial charge < -0.3 is 4.74 Å². The maximum atomic E-state index is 13.4. The molecule has 0 radical (unpaired) electrons. The largest absolute Gasteiger partial charge is 0.494 e. The Morgan fingerprint density at radius 1 is 0.806 bits per heavy atom. The van der Waals surface area contributed by atoms with E-state index >= 15 is 0 Å². The highest BCUT2D eigenvalue weighted by Crippen LogP contribution is 2.40. The summed E-state index contributed by atoms with van der Waals surface area (Å²) < 4.78 is 5.66. The first-order chi connectivity index (χ1) is 15.2. The van der Waals surface area contributed by atoms with Crippen LogP contribution in [0.15, 0.2) is 94.7 Å². The standard InChI is InChI=1S/C26H23NO3S/c1-2-17-30-21-15-13-20(14-16-21)23-24(31-22-11-7-4-8-12-22)26(29)27(25(23)28)18-19-9-5-3-6-10-19/h3-16H,2,17-18H2,1H3. The second kappa shape index (κ2) is 9.67. The lowest BCUT2D eigenvalue weighted by Gasteiger charge is -2.15. The van der Waals surface area contributed by atoms with Gasteiger partial charge >= 0.3 is 0 Å². The third-order valence-electron chi connectivity index (χ3n) is 4.89. The monoisotopic (exact) mass is 429 g/mol. The number of ether oxygens (including phenoxy) is 1. The lowest BCUT2D eigenvalue weighted by atomic mass is 10.1. The Balaban J connectivity index is 1.69. The van der Waals surface area contributed by atoms with Crippen molar-refractivity contribution in [3.05, 3.63) is 101 Å². The number of amides is 2. The van der Waals surface area contributed by atoms with Gasteiger partial charge in [0.25, 0.3) is 11.8 Å². The number of carbonyl (C=O) groups excluding carboxylic acids is 2. The highest BCUT2D eigenvalue weighted by molar-refractivity contribution is 8.04. The molecule has 0 saturated heterocycles. The van der Waals surface area contributed by atoms with Crippen LogP contribution in [0.3, 0.4) is 0 Å². The van der Waals surface area contributed by atoms with E-state index < -0.39 is 0 Å². The predicted octanol–water partition coefficient (Wildman–Crippen LogP) is 5.55. The van der Waals surface area contributed by atoms with Gasteiger partial charge in [0.05, 0.1) is 23.6 Å². The van der Waals surface area contributed by atoms with Gasteiger partial charge in [-0.05, 0) is 41.8 Å². The summed E-state index contributed by atoms with van der Waals surface area (Å²) in [5.74, 6) is 0.222. The van der Waals surface area contributed by atoms with Crippen LogP contribution in [0, 0.1) is 0 Å². The number of nitrogens with zero attached hydrogens (tertiary/aromatic N) is 1. The molecule has 31 heavy (non-hydrogen) atoms. The topological polar surface area (TPSA) is 46.6 Å². The van der Waals surface area contributed by atoms with Gasteiger partial charge in [-0.1, -0.05) is 79.3 Å². The maximum absolute atomic E-state index is 13.4. The molecule has 2 amide bonds. The fourth-order valence-corrected chi connectivity index (χ4v) is 4.39. The minimum Gasteiger partial charge on any atom is -0.494 e. The summed E-state index contributed by atoms with van der Waals surface area (Å²) in [6, 6.07) is 26.6. The van der Waals surface area contributed by atoms with Gasteiger partial charge in [-0.25, -0.2) is 0 Å². The van der Waals surface area contributed by atoms with Crippen molar-refractivity contribution in [3.63, 3.8) is 0 Å². The van der Waals surface area contributed by atoms with Crippen LogP contribution in [-0.2, 0) is 16.1 Å². The second-order valence-corrected chi connectivity index (χ2v) is 8.26. The summed E-state index contributed by atoms with van der Waals surface area (Å²) in [5.41, 5.74) is 2.07. The summed E-state index contributed by atoms with van der Waals surface area (Å²) in [4.78, 5) is 29.4. The number of hydrogen-bond donors (Lipinski definition) is 0. The zero-order valence-corrected chi connectivity index (χ0v) is 18.1. The molecule has 0 fully saturated rings. The van der Waals surface area contributed by atoms with E-state index in [9.17, 15) is 9.59 Å². The van der Waals surface area contributed by atoms with Crippen molar-refractivity contribution >= 4 is 29.1 Å². The summed E-state index contributed by atoms with van der Waals surface area (Å²) in [5, 5.41) is 0. The molecule has 0 spiro atoms. The number of rotatable bonds is 8. The quantitative estimate of drug-likeness (QED) is 0.441. The minimum absolute atomic E-state index is 0.249. The molecule has 0 aromatic heterocycles. The zero-order chi connectivity index (χ0) is 21.6. The van der Waals surface area contributed by atoms with E-state index in [1.807, 2.05) is 84.9 Å². The lowest BCUT2D eigenvalue weighted by molar-refractivity contribution is -0.137. The minimum atomic E-state index is -0.269. The molecule has 0 unspecified atom stereocenters. The number of carbonyl (C=O) groups is 2. The molecule has 1 aliphatic heterocycles. The first-order valence-electron chi connectivity index (χ1n) is 10.3. The Morgan fingerprint density at radius 2 is 1.45 bits per heavy atom. The van der Waals surface area contributed by atoms with E-state index in [-0.39, 0.29) is 18.4 Å². The predicted molar refractivity (Wildman–Crippen MR) is 123 cm³/mol. The van der Waals surface area contributed by atoms with Crippen molar-refractivity contribution in [2.75, 3.05) is 6.61 Å². The molecule has 0 saturated carbocycles. The first kappa shape index (κ1) is 20.9. The molecule has 1 aliphatic rings. The Morgan fingerprint density at radius 3 is 2.10 bits per heavy atom. The summed E-state index contributed by atoms with van der Waals surface area (Å²) in [7, 11) is 0. The van der Waals surface area contributed by atoms with Crippen molar-refractivity contribution in [2.45, 2.75) is 24.8 Å². The van der Waals surface area contributed by atoms with Crippen molar-refractivity contribution < 1.29 is 14.3 Å². The molecule has 4 nitrogen and oxygen atoms in total. The zero-order valence-electron chi connectivity index (χ0n) is 17.3. The summed E-state index contributed by atoms with van der Waals surface area (Å²) in [6.07, 6.45) is 0.923. The SMILES string of the molecule is CCCOc1ccc(C2=C(Sc3ccccc3)C(=O)N(Cc3ccccc3)C2=O)cc1. The Kier molecular flexibility index (Phi) is 6.53. The lowest BCUT2D eigenvalue weighted by Crippen LogP contribution is -2.30. The fourth-order valence-electron chi connectivity index (χ4n) is 3.36. The van der Waals surface area contributed by atoms with Gasteiger partial charge in [0.15, 0.2) is 0 Å². The van der Waals surface area contributed by atoms with E-state index in [1.165, 1.54) is 16.7 Å². The molecule has 5 heteroatoms. The maximum Gasteiger partial charge on any atom is 0.268 e. The Bertz CT molecular complexity index is 1090. The van der Waals surface area contributed by atoms with Crippen LogP contribution < -0.4 is 4.74 Å². The van der Waals surface area contributed by atoms with E-state index in [0.29, 0.717) is 17.1 Å². The smallest absolute Gasteiger partial charge is 0.268 e. The average Bonchev–Trinajstić information content (AvgIpc) is 3.04. The van der Waals surface area contributed by atoms with E-state index in [2.05, 4.69) is 6.92 Å². The van der Waals surface area contributed by atoms with Gasteiger partial charge in [-0.3, -0.25) is 14.5 Å². The molecule has 0 bridgehead atoms. The molecule has 3 aromatic rings. The molecule has 4 rings (SSSR count). The second-order valence-electron chi connectivity index (χ2n) is 7.17. The van der Waals surface area contributed by atoms with Crippen molar-refractivity contribution in [1.82, 2.24) is 4.90 Å². The van der Waals surface area contributed by atoms with Gasteiger partial charge in [-0.2, -0.15) is 0 Å². The molecule has 156 valence electrons. The summed E-state index contributed by atoms with van der Waals surface area (Å²) >= 11 is 1.33.